The van der Waals surface area contributed by atoms with Crippen LogP contribution in [0.25, 0.3) is 0 Å². The number of nitrogens with zero attached hydrogens (tertiary/aromatic N) is 1. The second kappa shape index (κ2) is 5.96. The maximum absolute atomic E-state index is 12.4. The van der Waals surface area contributed by atoms with E-state index in [-0.39, 0.29) is 17.3 Å². The van der Waals surface area contributed by atoms with Crippen LogP contribution in [-0.4, -0.2) is 18.6 Å². The monoisotopic (exact) mass is 372 g/mol. The van der Waals surface area contributed by atoms with E-state index < -0.39 is 15.6 Å². The Morgan fingerprint density at radius 1 is 1.38 bits per heavy atom. The topological polar surface area (TPSA) is 118 Å². The van der Waals surface area contributed by atoms with Gasteiger partial charge in [-0.15, -0.1) is 0 Å². The number of aromatic nitrogens is 2. The van der Waals surface area contributed by atoms with Crippen molar-refractivity contribution in [1.82, 2.24) is 10.2 Å². The molecule has 1 aromatic heterocycles. The number of sulfonamides is 1. The standard InChI is InChI=1S/C12H13BrN4O3S/c1-7-4-8(6-14)5-9(12(7)13)21(19,20)17-10-2-3-11(18)16-15-10/h2-5H,6,14H2,1H3,(H,15,17)(H,16,18). The van der Waals surface area contributed by atoms with E-state index in [0.717, 1.165) is 5.56 Å². The van der Waals surface area contributed by atoms with Crippen molar-refractivity contribution >= 4 is 31.8 Å². The Kier molecular flexibility index (Phi) is 4.45. The van der Waals surface area contributed by atoms with E-state index >= 15 is 0 Å². The summed E-state index contributed by atoms with van der Waals surface area (Å²) in [6.45, 7) is 2.01. The van der Waals surface area contributed by atoms with Gasteiger partial charge >= 0.3 is 0 Å². The molecule has 0 radical (unpaired) electrons. The lowest BCUT2D eigenvalue weighted by Crippen LogP contribution is -2.17. The molecule has 0 bridgehead atoms. The van der Waals surface area contributed by atoms with Gasteiger partial charge in [0.2, 0.25) is 0 Å². The first-order valence-corrected chi connectivity index (χ1v) is 8.19. The summed E-state index contributed by atoms with van der Waals surface area (Å²) >= 11 is 3.27. The summed E-state index contributed by atoms with van der Waals surface area (Å²) in [6, 6.07) is 5.76. The first-order valence-electron chi connectivity index (χ1n) is 5.91. The lowest BCUT2D eigenvalue weighted by molar-refractivity contribution is 0.600. The number of hydrogen-bond donors (Lipinski definition) is 3. The SMILES string of the molecule is Cc1cc(CN)cc(S(=O)(=O)Nc2ccc(=O)[nH]n2)c1Br. The number of aromatic amines is 1. The zero-order valence-electron chi connectivity index (χ0n) is 11.1. The number of hydrogen-bond acceptors (Lipinski definition) is 5. The smallest absolute Gasteiger partial charge is 0.264 e. The Morgan fingerprint density at radius 3 is 2.67 bits per heavy atom. The van der Waals surface area contributed by atoms with Crippen LogP contribution in [0.3, 0.4) is 0 Å². The van der Waals surface area contributed by atoms with Crippen LogP contribution in [0, 0.1) is 6.92 Å². The highest BCUT2D eigenvalue weighted by molar-refractivity contribution is 9.10. The molecule has 1 heterocycles. The van der Waals surface area contributed by atoms with Gasteiger partial charge in [0.25, 0.3) is 15.6 Å². The molecule has 4 N–H and O–H groups in total. The normalized spacial score (nSPS) is 11.4. The van der Waals surface area contributed by atoms with Crippen LogP contribution in [0.4, 0.5) is 5.82 Å². The van der Waals surface area contributed by atoms with Crippen molar-refractivity contribution in [1.29, 1.82) is 0 Å². The number of H-pyrrole nitrogens is 1. The quantitative estimate of drug-likeness (QED) is 0.742. The number of benzene rings is 1. The van der Waals surface area contributed by atoms with E-state index in [2.05, 4.69) is 30.8 Å². The average molecular weight is 373 g/mol. The van der Waals surface area contributed by atoms with E-state index in [1.165, 1.54) is 18.2 Å². The van der Waals surface area contributed by atoms with Crippen molar-refractivity contribution in [2.75, 3.05) is 4.72 Å². The Morgan fingerprint density at radius 2 is 2.10 bits per heavy atom. The predicted molar refractivity (Wildman–Crippen MR) is 82.4 cm³/mol. The molecule has 0 unspecified atom stereocenters. The van der Waals surface area contributed by atoms with Crippen molar-refractivity contribution in [2.24, 2.45) is 5.73 Å². The molecule has 0 fully saturated rings. The molecule has 7 nitrogen and oxygen atoms in total. The summed E-state index contributed by atoms with van der Waals surface area (Å²) in [5.41, 5.74) is 6.61. The zero-order valence-corrected chi connectivity index (χ0v) is 13.5. The summed E-state index contributed by atoms with van der Waals surface area (Å²) in [5, 5.41) is 5.77. The maximum Gasteiger partial charge on any atom is 0.264 e. The van der Waals surface area contributed by atoms with Gasteiger partial charge in [0, 0.05) is 17.1 Å². The van der Waals surface area contributed by atoms with Gasteiger partial charge in [0.15, 0.2) is 5.82 Å². The molecule has 0 aliphatic rings. The molecular weight excluding hydrogens is 360 g/mol. The minimum absolute atomic E-state index is 0.0253. The highest BCUT2D eigenvalue weighted by atomic mass is 79.9. The van der Waals surface area contributed by atoms with Gasteiger partial charge in [-0.3, -0.25) is 9.52 Å². The molecule has 0 spiro atoms. The zero-order chi connectivity index (χ0) is 15.6. The van der Waals surface area contributed by atoms with Crippen LogP contribution in [0.5, 0.6) is 0 Å². The lowest BCUT2D eigenvalue weighted by Gasteiger charge is -2.12. The van der Waals surface area contributed by atoms with E-state index in [1.807, 2.05) is 0 Å². The van der Waals surface area contributed by atoms with Gasteiger partial charge in [-0.1, -0.05) is 6.07 Å². The number of aryl methyl sites for hydroxylation is 1. The first kappa shape index (κ1) is 15.7. The van der Waals surface area contributed by atoms with Crippen molar-refractivity contribution in [3.8, 4) is 0 Å². The second-order valence-electron chi connectivity index (χ2n) is 4.34. The average Bonchev–Trinajstić information content (AvgIpc) is 2.43. The highest BCUT2D eigenvalue weighted by Gasteiger charge is 2.20. The van der Waals surface area contributed by atoms with E-state index in [0.29, 0.717) is 10.0 Å². The van der Waals surface area contributed by atoms with Crippen molar-refractivity contribution in [3.05, 3.63) is 50.2 Å². The van der Waals surface area contributed by atoms with Crippen LogP contribution in [-0.2, 0) is 16.6 Å². The Balaban J connectivity index is 2.46. The van der Waals surface area contributed by atoms with Crippen LogP contribution in [0.15, 0.2) is 38.4 Å². The fourth-order valence-corrected chi connectivity index (χ4v) is 3.79. The molecule has 0 saturated carbocycles. The maximum atomic E-state index is 12.4. The number of anilines is 1. The fourth-order valence-electron chi connectivity index (χ4n) is 1.72. The molecule has 0 aliphatic carbocycles. The van der Waals surface area contributed by atoms with Crippen molar-refractivity contribution in [3.63, 3.8) is 0 Å². The number of rotatable bonds is 4. The summed E-state index contributed by atoms with van der Waals surface area (Å²) in [5.74, 6) is 0.0253. The van der Waals surface area contributed by atoms with Crippen molar-refractivity contribution in [2.45, 2.75) is 18.4 Å². The summed E-state index contributed by atoms with van der Waals surface area (Å²) < 4.78 is 27.6. The minimum atomic E-state index is -3.85. The summed E-state index contributed by atoms with van der Waals surface area (Å²) in [7, 11) is -3.85. The summed E-state index contributed by atoms with van der Waals surface area (Å²) in [4.78, 5) is 11.0. The number of nitrogens with one attached hydrogen (secondary N) is 2. The third-order valence-corrected chi connectivity index (χ3v) is 5.42. The molecule has 21 heavy (non-hydrogen) atoms. The van der Waals surface area contributed by atoms with Crippen LogP contribution < -0.4 is 16.0 Å². The molecule has 0 saturated heterocycles. The van der Waals surface area contributed by atoms with Crippen molar-refractivity contribution < 1.29 is 8.42 Å². The highest BCUT2D eigenvalue weighted by Crippen LogP contribution is 2.28. The van der Waals surface area contributed by atoms with Gasteiger partial charge in [-0.2, -0.15) is 5.10 Å². The second-order valence-corrected chi connectivity index (χ2v) is 6.78. The van der Waals surface area contributed by atoms with Gasteiger partial charge in [-0.25, -0.2) is 13.5 Å². The Labute approximate surface area is 129 Å². The molecule has 112 valence electrons. The molecule has 2 rings (SSSR count). The Bertz CT molecular complexity index is 812. The molecule has 0 atom stereocenters. The number of halogens is 1. The third-order valence-electron chi connectivity index (χ3n) is 2.72. The van der Waals surface area contributed by atoms with Gasteiger partial charge in [0.1, 0.15) is 4.90 Å². The molecule has 9 heteroatoms. The van der Waals surface area contributed by atoms with E-state index in [4.69, 9.17) is 5.73 Å². The van der Waals surface area contributed by atoms with Gasteiger partial charge in [-0.05, 0) is 46.1 Å². The molecule has 1 aromatic carbocycles. The van der Waals surface area contributed by atoms with Gasteiger partial charge in [0.05, 0.1) is 0 Å². The molecule has 0 amide bonds. The first-order chi connectivity index (χ1) is 9.83. The summed E-state index contributed by atoms with van der Waals surface area (Å²) in [6.07, 6.45) is 0. The number of nitrogens with two attached hydrogens (primary N) is 1. The Hall–Kier alpha value is -1.71. The van der Waals surface area contributed by atoms with E-state index in [9.17, 15) is 13.2 Å². The van der Waals surface area contributed by atoms with Gasteiger partial charge < -0.3 is 5.73 Å². The van der Waals surface area contributed by atoms with Crippen LogP contribution >= 0.6 is 15.9 Å². The van der Waals surface area contributed by atoms with E-state index in [1.54, 1.807) is 13.0 Å². The lowest BCUT2D eigenvalue weighted by atomic mass is 10.1. The molecular formula is C12H13BrN4O3S. The third kappa shape index (κ3) is 3.49. The van der Waals surface area contributed by atoms with Crippen LogP contribution in [0.2, 0.25) is 0 Å². The van der Waals surface area contributed by atoms with Crippen LogP contribution in [0.1, 0.15) is 11.1 Å². The minimum Gasteiger partial charge on any atom is -0.326 e. The fraction of sp³-hybridized carbons (Fsp3) is 0.167. The molecule has 0 aliphatic heterocycles. The largest absolute Gasteiger partial charge is 0.326 e. The predicted octanol–water partition coefficient (Wildman–Crippen LogP) is 1.10. The molecule has 2 aromatic rings.